The number of carbonyl (C=O) groups excluding carboxylic acids is 2. The van der Waals surface area contributed by atoms with Gasteiger partial charge in [0, 0.05) is 30.2 Å². The molecular weight excluding hydrogens is 406 g/mol. The standard InChI is InChI=1S/C19H23N7O3S/c1-12-15(10-29-16(12)27)25-7-6-19(17(25)28)4-2-13(3-5-19)20-8-14-9-21-18(30-14)26-11-22-23-24-26/h9,11,13,20H,2-8,10H2,1H3. The Kier molecular flexibility index (Phi) is 4.86. The van der Waals surface area contributed by atoms with Gasteiger partial charge in [-0.3, -0.25) is 4.79 Å². The minimum atomic E-state index is -0.307. The molecule has 1 spiro atoms. The van der Waals surface area contributed by atoms with Gasteiger partial charge in [-0.25, -0.2) is 9.78 Å². The summed E-state index contributed by atoms with van der Waals surface area (Å²) >= 11 is 1.55. The summed E-state index contributed by atoms with van der Waals surface area (Å²) in [5, 5.41) is 15.5. The van der Waals surface area contributed by atoms with Crippen LogP contribution >= 0.6 is 11.3 Å². The number of nitrogens with zero attached hydrogens (tertiary/aromatic N) is 6. The molecule has 11 heteroatoms. The van der Waals surface area contributed by atoms with Crippen LogP contribution in [0.5, 0.6) is 0 Å². The molecule has 30 heavy (non-hydrogen) atoms. The van der Waals surface area contributed by atoms with Crippen molar-refractivity contribution in [3.8, 4) is 5.13 Å². The number of thiazole rings is 1. The molecule has 1 aliphatic carbocycles. The molecule has 2 aromatic heterocycles. The third kappa shape index (κ3) is 3.31. The molecule has 4 heterocycles. The number of nitrogens with one attached hydrogen (secondary N) is 1. The summed E-state index contributed by atoms with van der Waals surface area (Å²) in [5.41, 5.74) is 1.04. The molecule has 1 saturated heterocycles. The lowest BCUT2D eigenvalue weighted by Gasteiger charge is -2.36. The Bertz CT molecular complexity index is 992. The number of hydrogen-bond acceptors (Lipinski definition) is 9. The largest absolute Gasteiger partial charge is 0.456 e. The lowest BCUT2D eigenvalue weighted by molar-refractivity contribution is -0.138. The molecule has 0 unspecified atom stereocenters. The summed E-state index contributed by atoms with van der Waals surface area (Å²) in [6, 6.07) is 0.383. The molecule has 0 radical (unpaired) electrons. The van der Waals surface area contributed by atoms with Crippen LogP contribution in [-0.4, -0.2) is 61.2 Å². The molecule has 10 nitrogen and oxygen atoms in total. The molecular formula is C19H23N7O3S. The molecule has 2 aromatic rings. The second kappa shape index (κ2) is 7.55. The average Bonchev–Trinajstić information content (AvgIpc) is 3.54. The first-order valence-electron chi connectivity index (χ1n) is 10.2. The lowest BCUT2D eigenvalue weighted by atomic mass is 9.71. The highest BCUT2D eigenvalue weighted by Gasteiger charge is 2.50. The second-order valence-electron chi connectivity index (χ2n) is 8.15. The Balaban J connectivity index is 1.16. The van der Waals surface area contributed by atoms with Gasteiger partial charge in [-0.1, -0.05) is 11.3 Å². The van der Waals surface area contributed by atoms with E-state index in [2.05, 4.69) is 25.8 Å². The molecule has 1 saturated carbocycles. The van der Waals surface area contributed by atoms with Crippen LogP contribution in [0.3, 0.4) is 0 Å². The van der Waals surface area contributed by atoms with Crippen molar-refractivity contribution in [2.45, 2.75) is 51.6 Å². The van der Waals surface area contributed by atoms with Crippen LogP contribution in [0.15, 0.2) is 23.8 Å². The van der Waals surface area contributed by atoms with E-state index in [9.17, 15) is 9.59 Å². The Morgan fingerprint density at radius 2 is 2.13 bits per heavy atom. The van der Waals surface area contributed by atoms with E-state index in [1.807, 2.05) is 6.20 Å². The number of hydrogen-bond donors (Lipinski definition) is 1. The van der Waals surface area contributed by atoms with Crippen LogP contribution in [0.25, 0.3) is 5.13 Å². The fraction of sp³-hybridized carbons (Fsp3) is 0.579. The molecule has 5 rings (SSSR count). The molecule has 158 valence electrons. The van der Waals surface area contributed by atoms with Gasteiger partial charge < -0.3 is 15.0 Å². The highest BCUT2D eigenvalue weighted by molar-refractivity contribution is 7.14. The number of carbonyl (C=O) groups is 2. The topological polar surface area (TPSA) is 115 Å². The SMILES string of the molecule is CC1=C(N2CCC3(CCC(NCc4cnc(-n5cnnn5)s4)CC3)C2=O)COC1=O. The van der Waals surface area contributed by atoms with E-state index in [-0.39, 0.29) is 23.9 Å². The van der Waals surface area contributed by atoms with Gasteiger partial charge in [0.1, 0.15) is 12.9 Å². The predicted octanol–water partition coefficient (Wildman–Crippen LogP) is 1.20. The minimum Gasteiger partial charge on any atom is -0.456 e. The van der Waals surface area contributed by atoms with Crippen molar-refractivity contribution in [2.24, 2.45) is 5.41 Å². The van der Waals surface area contributed by atoms with Crippen molar-refractivity contribution >= 4 is 23.2 Å². The van der Waals surface area contributed by atoms with Gasteiger partial charge in [-0.15, -0.1) is 5.10 Å². The normalized spacial score (nSPS) is 26.8. The molecule has 1 amide bonds. The molecule has 0 atom stereocenters. The highest BCUT2D eigenvalue weighted by atomic mass is 32.1. The van der Waals surface area contributed by atoms with Crippen LogP contribution in [0, 0.1) is 5.41 Å². The quantitative estimate of drug-likeness (QED) is 0.705. The zero-order chi connectivity index (χ0) is 20.7. The number of tetrazole rings is 1. The predicted molar refractivity (Wildman–Crippen MR) is 106 cm³/mol. The number of likely N-dealkylation sites (tertiary alicyclic amines) is 1. The zero-order valence-corrected chi connectivity index (χ0v) is 17.5. The zero-order valence-electron chi connectivity index (χ0n) is 16.7. The van der Waals surface area contributed by atoms with Crippen molar-refractivity contribution in [3.05, 3.63) is 28.7 Å². The first kappa shape index (κ1) is 19.3. The third-order valence-corrected chi connectivity index (χ3v) is 7.50. The number of amides is 1. The maximum Gasteiger partial charge on any atom is 0.336 e. The fourth-order valence-electron chi connectivity index (χ4n) is 4.64. The van der Waals surface area contributed by atoms with Crippen LogP contribution < -0.4 is 5.32 Å². The number of cyclic esters (lactones) is 1. The second-order valence-corrected chi connectivity index (χ2v) is 9.25. The Labute approximate surface area is 177 Å². The van der Waals surface area contributed by atoms with E-state index in [0.717, 1.165) is 54.4 Å². The smallest absolute Gasteiger partial charge is 0.336 e. The average molecular weight is 430 g/mol. The maximum absolute atomic E-state index is 13.2. The molecule has 2 aliphatic heterocycles. The Morgan fingerprint density at radius 3 is 2.83 bits per heavy atom. The fourth-order valence-corrected chi connectivity index (χ4v) is 5.42. The van der Waals surface area contributed by atoms with Gasteiger partial charge in [-0.2, -0.15) is 4.68 Å². The number of aromatic nitrogens is 5. The molecule has 2 fully saturated rings. The van der Waals surface area contributed by atoms with Crippen molar-refractivity contribution in [2.75, 3.05) is 13.2 Å². The van der Waals surface area contributed by atoms with Gasteiger partial charge in [0.25, 0.3) is 0 Å². The van der Waals surface area contributed by atoms with E-state index in [1.165, 1.54) is 6.33 Å². The van der Waals surface area contributed by atoms with Crippen LogP contribution in [0.2, 0.25) is 0 Å². The van der Waals surface area contributed by atoms with Crippen molar-refractivity contribution in [3.63, 3.8) is 0 Å². The van der Waals surface area contributed by atoms with Gasteiger partial charge in [0.15, 0.2) is 0 Å². The molecule has 1 N–H and O–H groups in total. The molecule has 0 aromatic carbocycles. The van der Waals surface area contributed by atoms with Gasteiger partial charge >= 0.3 is 5.97 Å². The van der Waals surface area contributed by atoms with E-state index in [1.54, 1.807) is 27.8 Å². The van der Waals surface area contributed by atoms with Crippen molar-refractivity contribution in [1.29, 1.82) is 0 Å². The van der Waals surface area contributed by atoms with Gasteiger partial charge in [0.2, 0.25) is 11.0 Å². The Morgan fingerprint density at radius 1 is 1.30 bits per heavy atom. The van der Waals surface area contributed by atoms with E-state index in [0.29, 0.717) is 18.2 Å². The van der Waals surface area contributed by atoms with Crippen LogP contribution in [0.4, 0.5) is 0 Å². The maximum atomic E-state index is 13.2. The van der Waals surface area contributed by atoms with E-state index >= 15 is 0 Å². The highest BCUT2D eigenvalue weighted by Crippen LogP contribution is 2.46. The lowest BCUT2D eigenvalue weighted by Crippen LogP contribution is -2.42. The van der Waals surface area contributed by atoms with Gasteiger partial charge in [0.05, 0.1) is 16.7 Å². The van der Waals surface area contributed by atoms with E-state index in [4.69, 9.17) is 4.74 Å². The monoisotopic (exact) mass is 429 g/mol. The first-order chi connectivity index (χ1) is 14.6. The van der Waals surface area contributed by atoms with Crippen molar-refractivity contribution in [1.82, 2.24) is 35.4 Å². The summed E-state index contributed by atoms with van der Waals surface area (Å²) in [7, 11) is 0. The number of rotatable bonds is 5. The van der Waals surface area contributed by atoms with Crippen LogP contribution in [-0.2, 0) is 20.9 Å². The van der Waals surface area contributed by atoms with Crippen LogP contribution in [0.1, 0.15) is 43.9 Å². The molecule has 3 aliphatic rings. The summed E-state index contributed by atoms with van der Waals surface area (Å²) in [6.07, 6.45) is 7.91. The first-order valence-corrected chi connectivity index (χ1v) is 11.0. The summed E-state index contributed by atoms with van der Waals surface area (Å²) in [6.45, 7) is 3.39. The molecule has 0 bridgehead atoms. The summed E-state index contributed by atoms with van der Waals surface area (Å²) < 4.78 is 6.65. The Hall–Kier alpha value is -2.66. The summed E-state index contributed by atoms with van der Waals surface area (Å²) in [5.74, 6) is -0.139. The third-order valence-electron chi connectivity index (χ3n) is 6.51. The minimum absolute atomic E-state index is 0.169. The van der Waals surface area contributed by atoms with E-state index < -0.39 is 0 Å². The number of esters is 1. The number of ether oxygens (including phenoxy) is 1. The summed E-state index contributed by atoms with van der Waals surface area (Å²) in [4.78, 5) is 32.2. The van der Waals surface area contributed by atoms with Crippen molar-refractivity contribution < 1.29 is 14.3 Å². The van der Waals surface area contributed by atoms with Gasteiger partial charge in [-0.05, 0) is 49.5 Å².